The van der Waals surface area contributed by atoms with Crippen LogP contribution in [0.3, 0.4) is 0 Å². The molecule has 12 heavy (non-hydrogen) atoms. The fourth-order valence-electron chi connectivity index (χ4n) is 0.973. The van der Waals surface area contributed by atoms with Crippen LogP contribution >= 0.6 is 0 Å². The van der Waals surface area contributed by atoms with Crippen LogP contribution in [0.1, 0.15) is 5.56 Å². The number of ether oxygens (including phenoxy) is 1. The summed E-state index contributed by atoms with van der Waals surface area (Å²) in [5.74, 6) is 0.506. The zero-order chi connectivity index (χ0) is 8.27. The van der Waals surface area contributed by atoms with Crippen molar-refractivity contribution in [2.24, 2.45) is 0 Å². The van der Waals surface area contributed by atoms with Crippen LogP contribution in [0.5, 0.6) is 5.75 Å². The molecule has 0 saturated heterocycles. The Morgan fingerprint density at radius 3 is 2.58 bits per heavy atom. The topological polar surface area (TPSA) is 9.23 Å². The predicted molar refractivity (Wildman–Crippen MR) is 36.7 cm³/mol. The minimum absolute atomic E-state index is 0. The molecule has 0 amide bonds. The molecule has 0 aliphatic carbocycles. The van der Waals surface area contributed by atoms with Crippen LogP contribution in [0, 0.1) is 5.82 Å². The van der Waals surface area contributed by atoms with Crippen molar-refractivity contribution in [3.8, 4) is 5.75 Å². The van der Waals surface area contributed by atoms with Gasteiger partial charge in [-0.15, -0.1) is 0 Å². The smallest absolute Gasteiger partial charge is 1.00 e. The van der Waals surface area contributed by atoms with Gasteiger partial charge in [-0.3, -0.25) is 0 Å². The van der Waals surface area contributed by atoms with E-state index < -0.39 is 0 Å². The summed E-state index contributed by atoms with van der Waals surface area (Å²) in [4.78, 5) is 0. The Kier molecular flexibility index (Phi) is 5.68. The zero-order valence-electron chi connectivity index (χ0n) is 6.81. The van der Waals surface area contributed by atoms with Gasteiger partial charge in [0.2, 0.25) is 0 Å². The Hall–Kier alpha value is 0.0534. The van der Waals surface area contributed by atoms with Crippen molar-refractivity contribution in [1.82, 2.24) is 0 Å². The van der Waals surface area contributed by atoms with Gasteiger partial charge >= 0.3 is 74.9 Å². The molecule has 62 valence electrons. The average Bonchev–Trinajstić information content (AvgIpc) is 2.04. The van der Waals surface area contributed by atoms with Gasteiger partial charge in [-0.25, -0.2) is 0 Å². The molecule has 0 heterocycles. The largest absolute Gasteiger partial charge is 1.00 e. The van der Waals surface area contributed by atoms with Crippen LogP contribution in [0.4, 0.5) is 4.39 Å². The fourth-order valence-corrected chi connectivity index (χ4v) is 1.99. The Morgan fingerprint density at radius 1 is 1.50 bits per heavy atom. The number of hydrogen-bond acceptors (Lipinski definition) is 1. The van der Waals surface area contributed by atoms with Crippen molar-refractivity contribution < 1.29 is 44.4 Å². The molecule has 0 aromatic heterocycles. The summed E-state index contributed by atoms with van der Waals surface area (Å²) in [6, 6.07) is 4.91. The second kappa shape index (κ2) is 5.66. The summed E-state index contributed by atoms with van der Waals surface area (Å²) in [5, 5.41) is 0.788. The van der Waals surface area contributed by atoms with Crippen molar-refractivity contribution >= 4 is 0 Å². The number of methoxy groups -OCH3 is 1. The van der Waals surface area contributed by atoms with Gasteiger partial charge in [-0.2, -0.15) is 0 Å². The normalized spacial score (nSPS) is 9.00. The van der Waals surface area contributed by atoms with Gasteiger partial charge in [0.05, 0.1) is 0 Å². The summed E-state index contributed by atoms with van der Waals surface area (Å²) in [6.45, 7) is 0. The maximum absolute atomic E-state index is 13.0. The molecule has 1 nitrogen and oxygen atoms in total. The van der Waals surface area contributed by atoms with Gasteiger partial charge in [-0.05, 0) is 0 Å². The average molecular weight is 284 g/mol. The fraction of sp³-hybridized carbons (Fsp3) is 0.250. The van der Waals surface area contributed by atoms with E-state index in [-0.39, 0.29) is 22.8 Å². The molecule has 0 aliphatic rings. The van der Waals surface area contributed by atoms with E-state index in [9.17, 15) is 4.39 Å². The van der Waals surface area contributed by atoms with Crippen LogP contribution in [0.25, 0.3) is 0 Å². The van der Waals surface area contributed by atoms with Crippen LogP contribution in [-0.4, -0.2) is 7.11 Å². The standard InChI is InChI=1S/C8H8FO.BrH.Zn/c1-6-7(9)4-3-5-8(6)10-2;;/h3-5H,1H2,2H3;1H;/q;;+1/p-1. The van der Waals surface area contributed by atoms with Crippen molar-refractivity contribution in [2.75, 3.05) is 7.11 Å². The number of benzene rings is 1. The van der Waals surface area contributed by atoms with E-state index in [0.29, 0.717) is 11.3 Å². The third-order valence-corrected chi connectivity index (χ3v) is 2.59. The molecule has 0 radical (unpaired) electrons. The van der Waals surface area contributed by atoms with Gasteiger partial charge in [-0.1, -0.05) is 0 Å². The number of rotatable bonds is 2. The summed E-state index contributed by atoms with van der Waals surface area (Å²) >= 11 is 1.05. The quantitative estimate of drug-likeness (QED) is 0.626. The molecule has 4 heteroatoms. The van der Waals surface area contributed by atoms with E-state index in [2.05, 4.69) is 0 Å². The molecule has 1 aromatic carbocycles. The zero-order valence-corrected chi connectivity index (χ0v) is 11.4. The minimum Gasteiger partial charge on any atom is -1.00 e. The molecule has 0 fully saturated rings. The molecule has 0 N–H and O–H groups in total. The van der Waals surface area contributed by atoms with Crippen molar-refractivity contribution in [2.45, 2.75) is 5.02 Å². The summed E-state index contributed by atoms with van der Waals surface area (Å²) in [7, 11) is 1.56. The second-order valence-electron chi connectivity index (χ2n) is 2.17. The Bertz CT molecular complexity index is 255. The first kappa shape index (κ1) is 12.1. The van der Waals surface area contributed by atoms with E-state index in [0.717, 1.165) is 23.3 Å². The molecule has 1 aromatic rings. The van der Waals surface area contributed by atoms with E-state index in [1.54, 1.807) is 19.2 Å². The molecular formula is C8H8BrFOZn. The molecule has 0 atom stereocenters. The Balaban J connectivity index is 0.00000121. The first-order valence-corrected chi connectivity index (χ1v) is 5.50. The molecule has 0 bridgehead atoms. The van der Waals surface area contributed by atoms with Gasteiger partial charge in [0.1, 0.15) is 0 Å². The van der Waals surface area contributed by atoms with E-state index in [1.165, 1.54) is 6.07 Å². The van der Waals surface area contributed by atoms with Crippen molar-refractivity contribution in [3.05, 3.63) is 29.6 Å². The van der Waals surface area contributed by atoms with Crippen LogP contribution in [0.15, 0.2) is 18.2 Å². The third kappa shape index (κ3) is 2.53. The molecular weight excluding hydrogens is 276 g/mol. The second-order valence-corrected chi connectivity index (χ2v) is 3.22. The van der Waals surface area contributed by atoms with Gasteiger partial charge in [0.25, 0.3) is 0 Å². The van der Waals surface area contributed by atoms with Crippen LogP contribution < -0.4 is 21.7 Å². The minimum atomic E-state index is -0.157. The van der Waals surface area contributed by atoms with Gasteiger partial charge < -0.3 is 17.0 Å². The summed E-state index contributed by atoms with van der Waals surface area (Å²) in [5.41, 5.74) is 0.704. The first-order valence-electron chi connectivity index (χ1n) is 3.40. The molecule has 0 saturated carbocycles. The van der Waals surface area contributed by atoms with Gasteiger partial charge in [0.15, 0.2) is 0 Å². The molecule has 0 spiro atoms. The van der Waals surface area contributed by atoms with Gasteiger partial charge in [0, 0.05) is 0 Å². The van der Waals surface area contributed by atoms with E-state index in [1.807, 2.05) is 0 Å². The van der Waals surface area contributed by atoms with Crippen LogP contribution in [-0.2, 0) is 23.3 Å². The molecule has 0 unspecified atom stereocenters. The van der Waals surface area contributed by atoms with E-state index >= 15 is 0 Å². The van der Waals surface area contributed by atoms with Crippen LogP contribution in [0.2, 0.25) is 0 Å². The van der Waals surface area contributed by atoms with Crippen molar-refractivity contribution in [3.63, 3.8) is 0 Å². The Morgan fingerprint density at radius 2 is 2.17 bits per heavy atom. The monoisotopic (exact) mass is 282 g/mol. The molecule has 1 rings (SSSR count). The number of hydrogen-bond donors (Lipinski definition) is 0. The Labute approximate surface area is 91.8 Å². The molecule has 0 aliphatic heterocycles. The predicted octanol–water partition coefficient (Wildman–Crippen LogP) is -1.11. The third-order valence-electron chi connectivity index (χ3n) is 1.55. The number of halogens is 2. The summed E-state index contributed by atoms with van der Waals surface area (Å²) < 4.78 is 18.0. The first-order chi connectivity index (χ1) is 5.29. The summed E-state index contributed by atoms with van der Waals surface area (Å²) in [6.07, 6.45) is 0. The maximum Gasteiger partial charge on any atom is -1.00 e. The SMILES string of the molecule is COc1cccc(F)c1[CH2][Zn+].[Br-]. The van der Waals surface area contributed by atoms with E-state index in [4.69, 9.17) is 4.74 Å². The maximum atomic E-state index is 13.0. The van der Waals surface area contributed by atoms with Crippen molar-refractivity contribution in [1.29, 1.82) is 0 Å².